The molecule has 0 saturated carbocycles. The Hall–Kier alpha value is -2.07. The molecule has 1 unspecified atom stereocenters. The average molecular weight is 335 g/mol. The number of rotatable bonds is 7. The van der Waals surface area contributed by atoms with Gasteiger partial charge in [0.2, 0.25) is 5.78 Å². The SMILES string of the molecule is CCCCC(CC#CC(=O)C1=C(C(C)(C)C)C=C1)Cc1ccccc1. The summed E-state index contributed by atoms with van der Waals surface area (Å²) in [7, 11) is 0. The Morgan fingerprint density at radius 1 is 1.12 bits per heavy atom. The van der Waals surface area contributed by atoms with Gasteiger partial charge in [-0.15, -0.1) is 0 Å². The van der Waals surface area contributed by atoms with Crippen molar-refractivity contribution in [2.45, 2.75) is 59.8 Å². The maximum absolute atomic E-state index is 12.4. The molecule has 1 aromatic rings. The fourth-order valence-corrected chi connectivity index (χ4v) is 3.16. The van der Waals surface area contributed by atoms with Crippen LogP contribution < -0.4 is 0 Å². The minimum Gasteiger partial charge on any atom is -0.279 e. The fourth-order valence-electron chi connectivity index (χ4n) is 3.16. The summed E-state index contributed by atoms with van der Waals surface area (Å²) in [5.74, 6) is 6.55. The van der Waals surface area contributed by atoms with Gasteiger partial charge in [-0.3, -0.25) is 4.79 Å². The first kappa shape index (κ1) is 19.3. The molecule has 0 fully saturated rings. The predicted octanol–water partition coefficient (Wildman–Crippen LogP) is 5.91. The van der Waals surface area contributed by atoms with Crippen LogP contribution in [0, 0.1) is 23.2 Å². The monoisotopic (exact) mass is 334 g/mol. The summed E-state index contributed by atoms with van der Waals surface area (Å²) in [4.78, 5) is 12.4. The molecule has 0 N–H and O–H groups in total. The van der Waals surface area contributed by atoms with Crippen LogP contribution in [0.25, 0.3) is 0 Å². The molecule has 2 rings (SSSR count). The number of carbonyl (C=O) groups excluding carboxylic acids is 1. The number of hydrogen-bond acceptors (Lipinski definition) is 1. The maximum atomic E-state index is 12.4. The van der Waals surface area contributed by atoms with Crippen molar-refractivity contribution in [3.05, 3.63) is 59.2 Å². The third kappa shape index (κ3) is 5.75. The highest BCUT2D eigenvalue weighted by molar-refractivity contribution is 6.12. The first-order valence-corrected chi connectivity index (χ1v) is 9.41. The summed E-state index contributed by atoms with van der Waals surface area (Å²) in [6.45, 7) is 8.62. The van der Waals surface area contributed by atoms with Gasteiger partial charge in [0.1, 0.15) is 0 Å². The van der Waals surface area contributed by atoms with E-state index in [2.05, 4.69) is 69.9 Å². The molecule has 0 aromatic heterocycles. The maximum Gasteiger partial charge on any atom is 0.236 e. The smallest absolute Gasteiger partial charge is 0.236 e. The number of ketones is 1. The number of Topliss-reactive ketones (excluding diaryl/α,β-unsaturated/α-hetero) is 1. The third-order valence-corrected chi connectivity index (χ3v) is 4.69. The number of carbonyl (C=O) groups is 1. The first-order valence-electron chi connectivity index (χ1n) is 9.41. The largest absolute Gasteiger partial charge is 0.279 e. The first-order chi connectivity index (χ1) is 11.9. The summed E-state index contributed by atoms with van der Waals surface area (Å²) in [5, 5.41) is 0. The quantitative estimate of drug-likeness (QED) is 0.447. The van der Waals surface area contributed by atoms with Crippen molar-refractivity contribution >= 4 is 5.78 Å². The van der Waals surface area contributed by atoms with E-state index in [1.165, 1.54) is 24.8 Å². The standard InChI is InChI=1S/C24H30O/c1-5-6-11-19(18-20-12-8-7-9-13-20)14-10-15-23(25)21-16-17-22(21)24(2,3)4/h7-9,12-13,16-17,19H,5-6,11,14,18H2,1-4H3. The van der Waals surface area contributed by atoms with Crippen molar-refractivity contribution in [2.75, 3.05) is 0 Å². The zero-order valence-corrected chi connectivity index (χ0v) is 16.1. The van der Waals surface area contributed by atoms with Crippen LogP contribution in [0.3, 0.4) is 0 Å². The van der Waals surface area contributed by atoms with Crippen molar-refractivity contribution in [3.63, 3.8) is 0 Å². The zero-order chi connectivity index (χ0) is 18.3. The molecule has 132 valence electrons. The van der Waals surface area contributed by atoms with Crippen LogP contribution in [0.15, 0.2) is 53.6 Å². The van der Waals surface area contributed by atoms with Gasteiger partial charge in [0.15, 0.2) is 0 Å². The Labute approximate surface area is 153 Å². The average Bonchev–Trinajstić information content (AvgIpc) is 2.50. The van der Waals surface area contributed by atoms with Crippen LogP contribution in [0.4, 0.5) is 0 Å². The van der Waals surface area contributed by atoms with Crippen LogP contribution in [-0.2, 0) is 11.2 Å². The minimum atomic E-state index is -0.0265. The van der Waals surface area contributed by atoms with Gasteiger partial charge >= 0.3 is 0 Å². The highest BCUT2D eigenvalue weighted by Crippen LogP contribution is 2.35. The van der Waals surface area contributed by atoms with Gasteiger partial charge in [0.25, 0.3) is 0 Å². The van der Waals surface area contributed by atoms with Crippen LogP contribution in [0.2, 0.25) is 0 Å². The fraction of sp³-hybridized carbons (Fsp3) is 0.458. The van der Waals surface area contributed by atoms with Gasteiger partial charge < -0.3 is 0 Å². The summed E-state index contributed by atoms with van der Waals surface area (Å²) in [6, 6.07) is 10.6. The van der Waals surface area contributed by atoms with E-state index in [9.17, 15) is 4.79 Å². The van der Waals surface area contributed by atoms with Crippen LogP contribution in [0.1, 0.15) is 58.9 Å². The minimum absolute atomic E-state index is 0.0123. The Morgan fingerprint density at radius 2 is 1.84 bits per heavy atom. The molecule has 1 nitrogen and oxygen atoms in total. The van der Waals surface area contributed by atoms with Crippen molar-refractivity contribution in [1.29, 1.82) is 0 Å². The van der Waals surface area contributed by atoms with Gasteiger partial charge in [-0.2, -0.15) is 0 Å². The van der Waals surface area contributed by atoms with E-state index in [-0.39, 0.29) is 11.2 Å². The summed E-state index contributed by atoms with van der Waals surface area (Å²) in [5.41, 5.74) is 3.29. The van der Waals surface area contributed by atoms with Crippen molar-refractivity contribution in [3.8, 4) is 11.8 Å². The molecule has 0 heterocycles. The second kappa shape index (κ2) is 8.86. The molecule has 0 saturated heterocycles. The highest BCUT2D eigenvalue weighted by Gasteiger charge is 2.25. The van der Waals surface area contributed by atoms with Crippen molar-refractivity contribution in [2.24, 2.45) is 11.3 Å². The van der Waals surface area contributed by atoms with E-state index in [1.807, 2.05) is 12.2 Å². The van der Waals surface area contributed by atoms with Gasteiger partial charge in [-0.25, -0.2) is 0 Å². The number of benzene rings is 1. The molecular formula is C24H30O. The number of hydrogen-bond donors (Lipinski definition) is 0. The second-order valence-electron chi connectivity index (χ2n) is 7.94. The van der Waals surface area contributed by atoms with E-state index >= 15 is 0 Å². The van der Waals surface area contributed by atoms with E-state index in [0.29, 0.717) is 5.92 Å². The second-order valence-corrected chi connectivity index (χ2v) is 7.94. The van der Waals surface area contributed by atoms with Crippen LogP contribution in [-0.4, -0.2) is 5.78 Å². The molecule has 1 aliphatic rings. The normalized spacial score (nSPS) is 14.6. The topological polar surface area (TPSA) is 17.1 Å². The third-order valence-electron chi connectivity index (χ3n) is 4.69. The van der Waals surface area contributed by atoms with E-state index in [1.54, 1.807) is 0 Å². The van der Waals surface area contributed by atoms with Gasteiger partial charge in [-0.1, -0.05) is 82.9 Å². The van der Waals surface area contributed by atoms with E-state index < -0.39 is 0 Å². The Bertz CT molecular complexity index is 702. The lowest BCUT2D eigenvalue weighted by Crippen LogP contribution is -2.18. The lowest BCUT2D eigenvalue weighted by molar-refractivity contribution is -0.110. The molecule has 1 heteroatoms. The van der Waals surface area contributed by atoms with Crippen molar-refractivity contribution < 1.29 is 4.79 Å². The molecular weight excluding hydrogens is 304 g/mol. The lowest BCUT2D eigenvalue weighted by atomic mass is 9.77. The lowest BCUT2D eigenvalue weighted by Gasteiger charge is -2.26. The van der Waals surface area contributed by atoms with Gasteiger partial charge in [-0.05, 0) is 47.3 Å². The van der Waals surface area contributed by atoms with Crippen LogP contribution in [0.5, 0.6) is 0 Å². The molecule has 0 radical (unpaired) electrons. The Kier molecular flexibility index (Phi) is 6.82. The molecule has 1 atom stereocenters. The van der Waals surface area contributed by atoms with Gasteiger partial charge in [0.05, 0.1) is 0 Å². The highest BCUT2D eigenvalue weighted by atomic mass is 16.1. The van der Waals surface area contributed by atoms with Crippen LogP contribution >= 0.6 is 0 Å². The molecule has 1 aliphatic carbocycles. The summed E-state index contributed by atoms with van der Waals surface area (Å²) >= 11 is 0. The molecule has 0 amide bonds. The molecule has 25 heavy (non-hydrogen) atoms. The van der Waals surface area contributed by atoms with E-state index in [4.69, 9.17) is 0 Å². The zero-order valence-electron chi connectivity index (χ0n) is 16.1. The van der Waals surface area contributed by atoms with E-state index in [0.717, 1.165) is 24.0 Å². The summed E-state index contributed by atoms with van der Waals surface area (Å²) < 4.78 is 0. The predicted molar refractivity (Wildman–Crippen MR) is 106 cm³/mol. The Balaban J connectivity index is 1.99. The molecule has 0 bridgehead atoms. The molecule has 0 aliphatic heterocycles. The summed E-state index contributed by atoms with van der Waals surface area (Å²) in [6.07, 6.45) is 9.36. The van der Waals surface area contributed by atoms with Crippen molar-refractivity contribution in [1.82, 2.24) is 0 Å². The molecule has 0 spiro atoms. The molecule has 1 aromatic carbocycles. The number of unbranched alkanes of at least 4 members (excludes halogenated alkanes) is 1. The Morgan fingerprint density at radius 3 is 2.40 bits per heavy atom. The van der Waals surface area contributed by atoms with Gasteiger partial charge in [0, 0.05) is 12.0 Å². The number of allylic oxidation sites excluding steroid dienone is 4.